The maximum Gasteiger partial charge on any atom is 0.307 e. The summed E-state index contributed by atoms with van der Waals surface area (Å²) < 4.78 is 31.8. The van der Waals surface area contributed by atoms with Crippen molar-refractivity contribution in [3.8, 4) is 5.75 Å². The lowest BCUT2D eigenvalue weighted by Crippen LogP contribution is -2.45. The molecule has 0 aliphatic carbocycles. The van der Waals surface area contributed by atoms with E-state index >= 15 is 0 Å². The molecule has 0 spiro atoms. The van der Waals surface area contributed by atoms with Crippen LogP contribution in [0.1, 0.15) is 13.3 Å². The number of aliphatic carboxylic acids is 1. The first-order valence-corrected chi connectivity index (χ1v) is 8.66. The van der Waals surface area contributed by atoms with Crippen LogP contribution in [0.4, 0.5) is 5.69 Å². The number of nitro benzene ring substituents is 1. The normalized spacial score (nSPS) is 22.1. The van der Waals surface area contributed by atoms with Crippen LogP contribution < -0.4 is 4.74 Å². The second kappa shape index (κ2) is 6.73. The van der Waals surface area contributed by atoms with Crippen molar-refractivity contribution in [1.82, 2.24) is 4.31 Å². The maximum atomic E-state index is 12.9. The predicted octanol–water partition coefficient (Wildman–Crippen LogP) is 1.33. The Morgan fingerprint density at radius 2 is 2.08 bits per heavy atom. The van der Waals surface area contributed by atoms with Gasteiger partial charge in [0.15, 0.2) is 0 Å². The van der Waals surface area contributed by atoms with E-state index in [1.807, 2.05) is 0 Å². The molecule has 1 aromatic carbocycles. The van der Waals surface area contributed by atoms with Gasteiger partial charge >= 0.3 is 5.97 Å². The van der Waals surface area contributed by atoms with Gasteiger partial charge in [-0.25, -0.2) is 8.42 Å². The van der Waals surface area contributed by atoms with Gasteiger partial charge in [0.05, 0.1) is 18.0 Å². The lowest BCUT2D eigenvalue weighted by Gasteiger charge is -2.33. The third kappa shape index (κ3) is 3.49. The molecule has 1 aromatic rings. The highest BCUT2D eigenvalue weighted by atomic mass is 32.2. The fraction of sp³-hybridized carbons (Fsp3) is 0.500. The van der Waals surface area contributed by atoms with Crippen LogP contribution in [-0.4, -0.2) is 48.9 Å². The standard InChI is InChI=1S/C14H18N2O7S/c1-9-5-10(14(17)18)8-15(7-9)24(21,22)13-6-11(16(19)20)3-4-12(13)23-2/h3-4,6,9-10H,5,7-8H2,1-2H3,(H,17,18). The number of piperidine rings is 1. The van der Waals surface area contributed by atoms with Crippen molar-refractivity contribution in [2.45, 2.75) is 18.2 Å². The van der Waals surface area contributed by atoms with E-state index in [9.17, 15) is 28.4 Å². The van der Waals surface area contributed by atoms with Gasteiger partial charge in [-0.15, -0.1) is 0 Å². The Morgan fingerprint density at radius 1 is 1.42 bits per heavy atom. The molecule has 10 heteroatoms. The summed E-state index contributed by atoms with van der Waals surface area (Å²) in [5, 5.41) is 20.1. The number of carboxylic acids is 1. The van der Waals surface area contributed by atoms with Crippen LogP contribution in [-0.2, 0) is 14.8 Å². The van der Waals surface area contributed by atoms with Crippen molar-refractivity contribution in [1.29, 1.82) is 0 Å². The minimum Gasteiger partial charge on any atom is -0.495 e. The summed E-state index contributed by atoms with van der Waals surface area (Å²) >= 11 is 0. The summed E-state index contributed by atoms with van der Waals surface area (Å²) in [6.45, 7) is 1.74. The van der Waals surface area contributed by atoms with E-state index in [1.165, 1.54) is 13.2 Å². The fourth-order valence-electron chi connectivity index (χ4n) is 2.80. The molecule has 132 valence electrons. The van der Waals surface area contributed by atoms with E-state index in [0.29, 0.717) is 6.42 Å². The lowest BCUT2D eigenvalue weighted by atomic mass is 9.92. The number of nitrogens with zero attached hydrogens (tertiary/aromatic N) is 2. The minimum atomic E-state index is -4.12. The quantitative estimate of drug-likeness (QED) is 0.621. The number of carboxylic acid groups (broad SMARTS) is 1. The number of non-ortho nitro benzene ring substituents is 1. The van der Waals surface area contributed by atoms with E-state index in [-0.39, 0.29) is 35.3 Å². The fourth-order valence-corrected chi connectivity index (χ4v) is 4.58. The number of benzene rings is 1. The zero-order valence-corrected chi connectivity index (χ0v) is 14.0. The van der Waals surface area contributed by atoms with Crippen LogP contribution >= 0.6 is 0 Å². The molecule has 2 unspecified atom stereocenters. The summed E-state index contributed by atoms with van der Waals surface area (Å²) in [5.41, 5.74) is -0.380. The predicted molar refractivity (Wildman–Crippen MR) is 83.3 cm³/mol. The van der Waals surface area contributed by atoms with E-state index in [4.69, 9.17) is 4.74 Å². The molecule has 0 radical (unpaired) electrons. The first kappa shape index (κ1) is 18.1. The molecule has 2 rings (SSSR count). The van der Waals surface area contributed by atoms with Crippen molar-refractivity contribution in [3.63, 3.8) is 0 Å². The largest absolute Gasteiger partial charge is 0.495 e. The van der Waals surface area contributed by atoms with Crippen molar-refractivity contribution >= 4 is 21.7 Å². The average Bonchev–Trinajstić information content (AvgIpc) is 2.53. The highest BCUT2D eigenvalue weighted by Gasteiger charge is 2.38. The Labute approximate surface area is 139 Å². The lowest BCUT2D eigenvalue weighted by molar-refractivity contribution is -0.385. The van der Waals surface area contributed by atoms with Gasteiger partial charge in [0.25, 0.3) is 5.69 Å². The summed E-state index contributed by atoms with van der Waals surface area (Å²) in [4.78, 5) is 21.1. The molecule has 0 amide bonds. The Balaban J connectivity index is 2.47. The summed E-state index contributed by atoms with van der Waals surface area (Å²) in [6.07, 6.45) is 0.382. The Hall–Kier alpha value is -2.20. The number of hydrogen-bond acceptors (Lipinski definition) is 6. The van der Waals surface area contributed by atoms with Crippen LogP contribution in [0.5, 0.6) is 5.75 Å². The smallest absolute Gasteiger partial charge is 0.307 e. The number of hydrogen-bond donors (Lipinski definition) is 1. The van der Waals surface area contributed by atoms with E-state index in [2.05, 4.69) is 0 Å². The van der Waals surface area contributed by atoms with Gasteiger partial charge in [-0.3, -0.25) is 14.9 Å². The van der Waals surface area contributed by atoms with Gasteiger partial charge in [0.2, 0.25) is 10.0 Å². The monoisotopic (exact) mass is 358 g/mol. The van der Waals surface area contributed by atoms with Crippen molar-refractivity contribution in [2.24, 2.45) is 11.8 Å². The molecule has 9 nitrogen and oxygen atoms in total. The number of ether oxygens (including phenoxy) is 1. The molecule has 24 heavy (non-hydrogen) atoms. The maximum absolute atomic E-state index is 12.9. The van der Waals surface area contributed by atoms with Crippen molar-refractivity contribution < 1.29 is 28.0 Å². The first-order valence-electron chi connectivity index (χ1n) is 7.22. The van der Waals surface area contributed by atoms with Crippen LogP contribution in [0.3, 0.4) is 0 Å². The van der Waals surface area contributed by atoms with Gasteiger partial charge < -0.3 is 9.84 Å². The molecule has 1 aliphatic heterocycles. The SMILES string of the molecule is COc1ccc([N+](=O)[O-])cc1S(=O)(=O)N1CC(C)CC(C(=O)O)C1. The van der Waals surface area contributed by atoms with Gasteiger partial charge in [0, 0.05) is 25.2 Å². The number of sulfonamides is 1. The number of rotatable bonds is 5. The Morgan fingerprint density at radius 3 is 2.62 bits per heavy atom. The Bertz CT molecular complexity index is 762. The van der Waals surface area contributed by atoms with Crippen LogP contribution in [0.15, 0.2) is 23.1 Å². The minimum absolute atomic E-state index is 0.0225. The molecule has 1 fully saturated rings. The molecule has 1 heterocycles. The Kier molecular flexibility index (Phi) is 5.09. The molecule has 1 aliphatic rings. The molecule has 0 aromatic heterocycles. The number of carbonyl (C=O) groups is 1. The number of methoxy groups -OCH3 is 1. The molecule has 1 saturated heterocycles. The average molecular weight is 358 g/mol. The van der Waals surface area contributed by atoms with E-state index in [1.54, 1.807) is 6.92 Å². The van der Waals surface area contributed by atoms with E-state index < -0.39 is 26.8 Å². The molecule has 2 atom stereocenters. The molecular formula is C14H18N2O7S. The van der Waals surface area contributed by atoms with Gasteiger partial charge in [-0.05, 0) is 18.4 Å². The summed E-state index contributed by atoms with van der Waals surface area (Å²) in [6, 6.07) is 3.30. The van der Waals surface area contributed by atoms with Gasteiger partial charge in [-0.1, -0.05) is 6.92 Å². The summed E-state index contributed by atoms with van der Waals surface area (Å²) in [5.74, 6) is -2.04. The zero-order chi connectivity index (χ0) is 18.1. The number of nitro groups is 1. The second-order valence-corrected chi connectivity index (χ2v) is 7.70. The van der Waals surface area contributed by atoms with Crippen LogP contribution in [0.25, 0.3) is 0 Å². The highest BCUT2D eigenvalue weighted by Crippen LogP contribution is 2.33. The van der Waals surface area contributed by atoms with Crippen molar-refractivity contribution in [3.05, 3.63) is 28.3 Å². The third-order valence-corrected chi connectivity index (χ3v) is 5.80. The van der Waals surface area contributed by atoms with Crippen LogP contribution in [0.2, 0.25) is 0 Å². The van der Waals surface area contributed by atoms with Crippen LogP contribution in [0, 0.1) is 22.0 Å². The van der Waals surface area contributed by atoms with Crippen molar-refractivity contribution in [2.75, 3.05) is 20.2 Å². The second-order valence-electron chi connectivity index (χ2n) is 5.79. The van der Waals surface area contributed by atoms with Gasteiger partial charge in [0.1, 0.15) is 10.6 Å². The summed E-state index contributed by atoms with van der Waals surface area (Å²) in [7, 11) is -2.86. The third-order valence-electron chi connectivity index (χ3n) is 3.95. The first-order chi connectivity index (χ1) is 11.2. The molecule has 1 N–H and O–H groups in total. The zero-order valence-electron chi connectivity index (χ0n) is 13.2. The highest BCUT2D eigenvalue weighted by molar-refractivity contribution is 7.89. The molecular weight excluding hydrogens is 340 g/mol. The van der Waals surface area contributed by atoms with Gasteiger partial charge in [-0.2, -0.15) is 4.31 Å². The molecule has 0 bridgehead atoms. The van der Waals surface area contributed by atoms with E-state index in [0.717, 1.165) is 16.4 Å². The molecule has 0 saturated carbocycles. The topological polar surface area (TPSA) is 127 Å².